The summed E-state index contributed by atoms with van der Waals surface area (Å²) in [7, 11) is 0. The van der Waals surface area contributed by atoms with Crippen molar-refractivity contribution >= 4 is 35.0 Å². The second-order valence-electron chi connectivity index (χ2n) is 5.44. The Kier molecular flexibility index (Phi) is 6.66. The highest BCUT2D eigenvalue weighted by molar-refractivity contribution is 7.98. The number of ether oxygens (including phenoxy) is 1. The van der Waals surface area contributed by atoms with Crippen molar-refractivity contribution in [3.05, 3.63) is 52.5 Å². The summed E-state index contributed by atoms with van der Waals surface area (Å²) in [5.74, 6) is -1.32. The SMILES string of the molecule is Nc1ccc(Oc2cc(Cl)cc(CC(=O)O)c2)c(CSCC(F)(F)F)c1. The summed E-state index contributed by atoms with van der Waals surface area (Å²) in [6.45, 7) is 0. The maximum Gasteiger partial charge on any atom is 0.397 e. The maximum atomic E-state index is 12.3. The molecule has 9 heteroatoms. The van der Waals surface area contributed by atoms with Crippen molar-refractivity contribution in [1.82, 2.24) is 0 Å². The summed E-state index contributed by atoms with van der Waals surface area (Å²) in [4.78, 5) is 10.8. The molecule has 3 N–H and O–H groups in total. The van der Waals surface area contributed by atoms with E-state index in [4.69, 9.17) is 27.2 Å². The van der Waals surface area contributed by atoms with Gasteiger partial charge >= 0.3 is 12.1 Å². The molecule has 0 amide bonds. The van der Waals surface area contributed by atoms with Crippen molar-refractivity contribution in [1.29, 1.82) is 0 Å². The number of hydrogen-bond donors (Lipinski definition) is 2. The third-order valence-electron chi connectivity index (χ3n) is 3.12. The Bertz CT molecular complexity index is 799. The lowest BCUT2D eigenvalue weighted by atomic mass is 10.1. The molecule has 0 heterocycles. The average Bonchev–Trinajstić information content (AvgIpc) is 2.47. The molecule has 0 saturated carbocycles. The fraction of sp³-hybridized carbons (Fsp3) is 0.235. The van der Waals surface area contributed by atoms with Gasteiger partial charge in [-0.2, -0.15) is 13.2 Å². The number of halogens is 4. The predicted molar refractivity (Wildman–Crippen MR) is 95.9 cm³/mol. The molecule has 0 bridgehead atoms. The Labute approximate surface area is 157 Å². The highest BCUT2D eigenvalue weighted by Crippen LogP contribution is 2.33. The molecule has 26 heavy (non-hydrogen) atoms. The van der Waals surface area contributed by atoms with E-state index in [1.165, 1.54) is 18.2 Å². The van der Waals surface area contributed by atoms with Crippen LogP contribution in [0.4, 0.5) is 18.9 Å². The lowest BCUT2D eigenvalue weighted by molar-refractivity contribution is -0.136. The Morgan fingerprint density at radius 1 is 1.23 bits per heavy atom. The lowest BCUT2D eigenvalue weighted by Crippen LogP contribution is -2.10. The van der Waals surface area contributed by atoms with Gasteiger partial charge in [0.1, 0.15) is 11.5 Å². The van der Waals surface area contributed by atoms with Crippen LogP contribution in [-0.4, -0.2) is 23.0 Å². The number of anilines is 1. The summed E-state index contributed by atoms with van der Waals surface area (Å²) in [5.41, 5.74) is 7.06. The average molecular weight is 406 g/mol. The third-order valence-corrected chi connectivity index (χ3v) is 4.39. The van der Waals surface area contributed by atoms with Crippen LogP contribution in [0.5, 0.6) is 11.5 Å². The van der Waals surface area contributed by atoms with Gasteiger partial charge in [0.25, 0.3) is 0 Å². The van der Waals surface area contributed by atoms with Crippen LogP contribution in [0.1, 0.15) is 11.1 Å². The van der Waals surface area contributed by atoms with Crippen LogP contribution in [0.15, 0.2) is 36.4 Å². The Morgan fingerprint density at radius 2 is 1.96 bits per heavy atom. The molecule has 0 spiro atoms. The number of thioether (sulfide) groups is 1. The molecule has 0 unspecified atom stereocenters. The minimum Gasteiger partial charge on any atom is -0.481 e. The Hall–Kier alpha value is -2.06. The second kappa shape index (κ2) is 8.55. The zero-order chi connectivity index (χ0) is 19.3. The molecule has 140 valence electrons. The number of nitrogen functional groups attached to an aromatic ring is 1. The van der Waals surface area contributed by atoms with Crippen molar-refractivity contribution < 1.29 is 27.8 Å². The molecule has 2 aromatic carbocycles. The van der Waals surface area contributed by atoms with E-state index in [1.807, 2.05) is 0 Å². The summed E-state index contributed by atoms with van der Waals surface area (Å²) >= 11 is 6.67. The van der Waals surface area contributed by atoms with Gasteiger partial charge in [0.05, 0.1) is 12.2 Å². The van der Waals surface area contributed by atoms with Crippen LogP contribution in [-0.2, 0) is 17.0 Å². The van der Waals surface area contributed by atoms with E-state index in [0.29, 0.717) is 45.1 Å². The standard InChI is InChI=1S/C17H15ClF3NO3S/c18-12-3-10(5-16(23)24)4-14(7-12)25-15-2-1-13(22)6-11(15)8-26-9-17(19,20)21/h1-4,6-7H,5,8-9,22H2,(H,23,24). The molecular weight excluding hydrogens is 391 g/mol. The van der Waals surface area contributed by atoms with Crippen molar-refractivity contribution in [3.63, 3.8) is 0 Å². The largest absolute Gasteiger partial charge is 0.481 e. The minimum absolute atomic E-state index is 0.0580. The van der Waals surface area contributed by atoms with Gasteiger partial charge in [-0.1, -0.05) is 11.6 Å². The van der Waals surface area contributed by atoms with Gasteiger partial charge in [-0.05, 0) is 42.0 Å². The first-order chi connectivity index (χ1) is 12.1. The number of benzene rings is 2. The highest BCUT2D eigenvalue weighted by Gasteiger charge is 2.27. The van der Waals surface area contributed by atoms with Gasteiger partial charge < -0.3 is 15.6 Å². The van der Waals surface area contributed by atoms with Crippen LogP contribution in [0.2, 0.25) is 5.02 Å². The van der Waals surface area contributed by atoms with Gasteiger partial charge in [0.2, 0.25) is 0 Å². The first-order valence-corrected chi connectivity index (χ1v) is 8.87. The minimum atomic E-state index is -4.26. The van der Waals surface area contributed by atoms with E-state index < -0.39 is 17.9 Å². The summed E-state index contributed by atoms with van der Waals surface area (Å²) in [6, 6.07) is 9.18. The van der Waals surface area contributed by atoms with E-state index in [-0.39, 0.29) is 12.2 Å². The topological polar surface area (TPSA) is 72.5 Å². The number of alkyl halides is 3. The zero-order valence-corrected chi connectivity index (χ0v) is 14.9. The Balaban J connectivity index is 2.21. The monoisotopic (exact) mass is 405 g/mol. The van der Waals surface area contributed by atoms with Crippen LogP contribution in [0.3, 0.4) is 0 Å². The quantitative estimate of drug-likeness (QED) is 0.624. The molecule has 0 saturated heterocycles. The molecule has 0 aliphatic heterocycles. The fourth-order valence-corrected chi connectivity index (χ4v) is 3.20. The summed E-state index contributed by atoms with van der Waals surface area (Å²) < 4.78 is 42.7. The number of carboxylic acids is 1. The summed E-state index contributed by atoms with van der Waals surface area (Å²) in [6.07, 6.45) is -4.49. The van der Waals surface area contributed by atoms with E-state index in [0.717, 1.165) is 0 Å². The molecule has 0 aromatic heterocycles. The number of carbonyl (C=O) groups is 1. The van der Waals surface area contributed by atoms with E-state index in [2.05, 4.69) is 0 Å². The first-order valence-electron chi connectivity index (χ1n) is 7.34. The second-order valence-corrected chi connectivity index (χ2v) is 6.86. The van der Waals surface area contributed by atoms with Gasteiger partial charge in [-0.25, -0.2) is 0 Å². The zero-order valence-electron chi connectivity index (χ0n) is 13.3. The number of rotatable bonds is 7. The van der Waals surface area contributed by atoms with Crippen LogP contribution in [0.25, 0.3) is 0 Å². The van der Waals surface area contributed by atoms with Gasteiger partial charge in [-0.15, -0.1) is 11.8 Å². The molecule has 4 nitrogen and oxygen atoms in total. The van der Waals surface area contributed by atoms with Crippen molar-refractivity contribution in [2.45, 2.75) is 18.3 Å². The maximum absolute atomic E-state index is 12.3. The normalized spacial score (nSPS) is 11.4. The lowest BCUT2D eigenvalue weighted by Gasteiger charge is -2.13. The van der Waals surface area contributed by atoms with Crippen molar-refractivity contribution in [2.75, 3.05) is 11.5 Å². The smallest absolute Gasteiger partial charge is 0.397 e. The summed E-state index contributed by atoms with van der Waals surface area (Å²) in [5, 5.41) is 9.18. The third kappa shape index (κ3) is 6.68. The highest BCUT2D eigenvalue weighted by atomic mass is 35.5. The molecular formula is C17H15ClF3NO3S. The molecule has 0 aliphatic rings. The van der Waals surface area contributed by atoms with Crippen LogP contribution in [0, 0.1) is 0 Å². The number of carboxylic acid groups (broad SMARTS) is 1. The van der Waals surface area contributed by atoms with Gasteiger partial charge in [0, 0.05) is 22.0 Å². The van der Waals surface area contributed by atoms with Crippen LogP contribution < -0.4 is 10.5 Å². The van der Waals surface area contributed by atoms with E-state index in [9.17, 15) is 18.0 Å². The first kappa shape index (κ1) is 20.3. The number of aliphatic carboxylic acids is 1. The molecule has 2 rings (SSSR count). The molecule has 0 radical (unpaired) electrons. The van der Waals surface area contributed by atoms with Crippen molar-refractivity contribution in [3.8, 4) is 11.5 Å². The molecule has 0 atom stereocenters. The molecule has 0 fully saturated rings. The molecule has 2 aromatic rings. The van der Waals surface area contributed by atoms with Crippen molar-refractivity contribution in [2.24, 2.45) is 0 Å². The fourth-order valence-electron chi connectivity index (χ4n) is 2.17. The van der Waals surface area contributed by atoms with E-state index >= 15 is 0 Å². The number of nitrogens with two attached hydrogens (primary N) is 1. The Morgan fingerprint density at radius 3 is 2.62 bits per heavy atom. The molecule has 0 aliphatic carbocycles. The van der Waals surface area contributed by atoms with Crippen LogP contribution >= 0.6 is 23.4 Å². The number of hydrogen-bond acceptors (Lipinski definition) is 4. The van der Waals surface area contributed by atoms with Gasteiger partial charge in [-0.3, -0.25) is 4.79 Å². The van der Waals surface area contributed by atoms with Gasteiger partial charge in [0.15, 0.2) is 0 Å². The predicted octanol–water partition coefficient (Wildman–Crippen LogP) is 5.14. The van der Waals surface area contributed by atoms with E-state index in [1.54, 1.807) is 18.2 Å².